The molecule has 0 radical (unpaired) electrons. The molecule has 2 aromatic carbocycles. The first-order chi connectivity index (χ1) is 33.7. The van der Waals surface area contributed by atoms with Crippen LogP contribution in [0.1, 0.15) is 29.7 Å². The molecule has 28 heteroatoms. The molecule has 26 nitrogen and oxygen atoms in total. The third-order valence-electron chi connectivity index (χ3n) is 10.5. The maximum Gasteiger partial charge on any atom is 0.327 e. The van der Waals surface area contributed by atoms with Gasteiger partial charge in [-0.2, -0.15) is 25.3 Å². The van der Waals surface area contributed by atoms with Gasteiger partial charge in [-0.1, -0.05) is 30.3 Å². The Morgan fingerprint density at radius 2 is 1.11 bits per heavy atom. The number of thiol groups is 2. The standard InChI is InChI=1S/C43H54N12O14S2/c44-25(17-70)36(61)54-32(16-56)42(67)53-31(13-35(59)60)41(66)49-27(9-20-5-7-23(57)8-6-20)37(62)52-30(12-34(45)58)40(65)51-29(11-22-15-46-19-48-22)39(64)50-28(38(63)55-33(18-71)43(68)69)10-21-14-47-26-4-2-1-3-24(21)26/h1-8,14-15,19,25,27-33,47,56-57,70-71H,9-13,16-18,44H2,(H2,45,58)(H,46,48)(H,49,66)(H,50,64)(H,51,65)(H,52,62)(H,53,67)(H,54,61)(H,55,63)(H,59,60)(H,68,69)/t25-,27-,28-,29-,30-,31-,32-,33-/m0/s1. The van der Waals surface area contributed by atoms with Crippen LogP contribution in [0.25, 0.3) is 10.9 Å². The maximum atomic E-state index is 14.3. The number of aromatic amines is 2. The van der Waals surface area contributed by atoms with E-state index in [-0.39, 0.29) is 41.4 Å². The molecule has 0 spiro atoms. The quantitative estimate of drug-likeness (QED) is 0.0239. The van der Waals surface area contributed by atoms with Gasteiger partial charge in [0.25, 0.3) is 0 Å². The monoisotopic (exact) mass is 1030 g/mol. The topological polar surface area (TPSA) is 432 Å². The van der Waals surface area contributed by atoms with Gasteiger partial charge in [0.05, 0.1) is 31.8 Å². The zero-order valence-electron chi connectivity index (χ0n) is 37.5. The number of phenolic OH excluding ortho intramolecular Hbond substituents is 1. The van der Waals surface area contributed by atoms with Crippen molar-refractivity contribution in [3.63, 3.8) is 0 Å². The van der Waals surface area contributed by atoms with E-state index in [0.717, 1.165) is 0 Å². The highest BCUT2D eigenvalue weighted by Gasteiger charge is 2.36. The Labute approximate surface area is 414 Å². The molecular formula is C43H54N12O14S2. The Balaban J connectivity index is 1.64. The Hall–Kier alpha value is -7.69. The first-order valence-electron chi connectivity index (χ1n) is 21.5. The van der Waals surface area contributed by atoms with Crippen LogP contribution in [0.4, 0.5) is 0 Å². The van der Waals surface area contributed by atoms with Crippen molar-refractivity contribution < 1.29 is 68.4 Å². The second-order valence-corrected chi connectivity index (χ2v) is 16.6. The van der Waals surface area contributed by atoms with Gasteiger partial charge in [-0.25, -0.2) is 9.78 Å². The van der Waals surface area contributed by atoms with Crippen molar-refractivity contribution in [1.29, 1.82) is 0 Å². The first kappa shape index (κ1) is 55.9. The molecule has 0 bridgehead atoms. The lowest BCUT2D eigenvalue weighted by Crippen LogP contribution is -2.61. The SMILES string of the molecule is NC(=O)C[C@H](NC(=O)[C@H](Cc1ccc(O)cc1)NC(=O)[C@H](CC(=O)O)NC(=O)[C@H](CO)NC(=O)[C@@H](N)CS)C(=O)N[C@@H](Cc1cnc[nH]1)C(=O)N[C@@H](Cc1c[nH]c2ccccc12)C(=O)N[C@@H](CS)C(=O)O. The van der Waals surface area contributed by atoms with Crippen LogP contribution in [0, 0.1) is 0 Å². The van der Waals surface area contributed by atoms with Gasteiger partial charge in [-0.3, -0.25) is 43.2 Å². The summed E-state index contributed by atoms with van der Waals surface area (Å²) < 4.78 is 0. The number of hydrogen-bond acceptors (Lipinski definition) is 16. The number of benzene rings is 2. The second-order valence-electron chi connectivity index (χ2n) is 15.9. The Kier molecular flexibility index (Phi) is 21.2. The number of aromatic nitrogens is 3. The molecule has 2 aromatic heterocycles. The van der Waals surface area contributed by atoms with Gasteiger partial charge >= 0.3 is 11.9 Å². The molecule has 4 aromatic rings. The van der Waals surface area contributed by atoms with Crippen molar-refractivity contribution in [1.82, 2.24) is 52.2 Å². The van der Waals surface area contributed by atoms with Crippen LogP contribution >= 0.6 is 25.3 Å². The van der Waals surface area contributed by atoms with Crippen LogP contribution < -0.4 is 48.7 Å². The number of carboxylic acid groups (broad SMARTS) is 2. The predicted octanol–water partition coefficient (Wildman–Crippen LogP) is -4.37. The average molecular weight is 1030 g/mol. The number of fused-ring (bicyclic) bond motifs is 1. The molecule has 0 aliphatic rings. The molecule has 382 valence electrons. The van der Waals surface area contributed by atoms with E-state index in [1.165, 1.54) is 36.8 Å². The highest BCUT2D eigenvalue weighted by molar-refractivity contribution is 7.80. The minimum absolute atomic E-state index is 0.147. The summed E-state index contributed by atoms with van der Waals surface area (Å²) >= 11 is 7.91. The van der Waals surface area contributed by atoms with Crippen LogP contribution in [0.2, 0.25) is 0 Å². The van der Waals surface area contributed by atoms with Gasteiger partial charge in [0.15, 0.2) is 0 Å². The number of H-pyrrole nitrogens is 2. The molecule has 0 aliphatic carbocycles. The van der Waals surface area contributed by atoms with Crippen LogP contribution in [0.3, 0.4) is 0 Å². The number of nitrogens with one attached hydrogen (secondary N) is 9. The fraction of sp³-hybridized carbons (Fsp3) is 0.372. The van der Waals surface area contributed by atoms with Crippen molar-refractivity contribution in [2.75, 3.05) is 18.1 Å². The summed E-state index contributed by atoms with van der Waals surface area (Å²) in [5, 5.41) is 55.9. The zero-order chi connectivity index (χ0) is 52.4. The number of carboxylic acids is 2. The molecule has 17 N–H and O–H groups in total. The van der Waals surface area contributed by atoms with Crippen molar-refractivity contribution >= 4 is 95.4 Å². The Morgan fingerprint density at radius 3 is 1.63 bits per heavy atom. The Morgan fingerprint density at radius 1 is 0.606 bits per heavy atom. The highest BCUT2D eigenvalue weighted by atomic mass is 32.1. The number of phenols is 1. The number of rotatable bonds is 28. The number of aromatic hydroxyl groups is 1. The maximum absolute atomic E-state index is 14.3. The molecule has 0 aliphatic heterocycles. The average Bonchev–Trinajstić information content (AvgIpc) is 4.01. The van der Waals surface area contributed by atoms with Crippen molar-refractivity contribution in [3.05, 3.63) is 84.1 Å². The van der Waals surface area contributed by atoms with Crippen LogP contribution in [0.5, 0.6) is 5.75 Å². The number of imidazole rings is 1. The molecule has 0 saturated carbocycles. The summed E-state index contributed by atoms with van der Waals surface area (Å²) in [6.07, 6.45) is 1.29. The summed E-state index contributed by atoms with van der Waals surface area (Å²) in [6.45, 7) is -1.01. The van der Waals surface area contributed by atoms with Gasteiger partial charge < -0.3 is 79.1 Å². The highest BCUT2D eigenvalue weighted by Crippen LogP contribution is 2.20. The molecule has 8 amide bonds. The largest absolute Gasteiger partial charge is 0.508 e. The number of aliphatic carboxylic acids is 2. The molecule has 71 heavy (non-hydrogen) atoms. The Bertz CT molecular complexity index is 2550. The van der Waals surface area contributed by atoms with Crippen molar-refractivity contribution in [3.8, 4) is 5.75 Å². The lowest BCUT2D eigenvalue weighted by Gasteiger charge is -2.27. The van der Waals surface area contributed by atoms with Gasteiger partial charge in [-0.15, -0.1) is 0 Å². The predicted molar refractivity (Wildman–Crippen MR) is 256 cm³/mol. The first-order valence-corrected chi connectivity index (χ1v) is 22.7. The molecular weight excluding hydrogens is 973 g/mol. The summed E-state index contributed by atoms with van der Waals surface area (Å²) in [5.74, 6) is -12.5. The zero-order valence-corrected chi connectivity index (χ0v) is 39.3. The number of nitrogens with zero attached hydrogens (tertiary/aromatic N) is 1. The lowest BCUT2D eigenvalue weighted by atomic mass is 10.0. The van der Waals surface area contributed by atoms with Crippen LogP contribution in [-0.2, 0) is 67.2 Å². The van der Waals surface area contributed by atoms with E-state index >= 15 is 0 Å². The lowest BCUT2D eigenvalue weighted by molar-refractivity contribution is -0.142. The van der Waals surface area contributed by atoms with Gasteiger partial charge in [-0.05, 0) is 29.3 Å². The van der Waals surface area contributed by atoms with E-state index in [1.807, 2.05) is 0 Å². The number of hydrogen-bond donors (Lipinski definition) is 17. The number of para-hydroxylation sites is 1. The molecule has 0 saturated heterocycles. The van der Waals surface area contributed by atoms with E-state index in [0.29, 0.717) is 16.5 Å². The van der Waals surface area contributed by atoms with E-state index in [1.54, 1.807) is 30.5 Å². The second kappa shape index (κ2) is 26.9. The van der Waals surface area contributed by atoms with Crippen LogP contribution in [-0.4, -0.2) is 161 Å². The number of aliphatic hydroxyl groups excluding tert-OH is 1. The summed E-state index contributed by atoms with van der Waals surface area (Å²) in [5.41, 5.74) is 12.9. The smallest absolute Gasteiger partial charge is 0.327 e. The van der Waals surface area contributed by atoms with E-state index in [2.05, 4.69) is 77.4 Å². The third kappa shape index (κ3) is 17.0. The minimum atomic E-state index is -1.96. The number of nitrogens with two attached hydrogens (primary N) is 2. The van der Waals surface area contributed by atoms with Crippen molar-refractivity contribution in [2.45, 2.75) is 80.4 Å². The minimum Gasteiger partial charge on any atom is -0.508 e. The van der Waals surface area contributed by atoms with Crippen LogP contribution in [0.15, 0.2) is 67.3 Å². The molecule has 8 atom stereocenters. The van der Waals surface area contributed by atoms with Gasteiger partial charge in [0, 0.05) is 59.8 Å². The fourth-order valence-corrected chi connectivity index (χ4v) is 7.21. The number of carbonyl (C=O) groups is 10. The number of amides is 8. The number of carbonyl (C=O) groups excluding carboxylic acids is 8. The van der Waals surface area contributed by atoms with Gasteiger partial charge in [0.1, 0.15) is 48.0 Å². The molecule has 4 rings (SSSR count). The molecule has 0 unspecified atom stereocenters. The summed E-state index contributed by atoms with van der Waals surface area (Å²) in [6, 6.07) is -0.789. The van der Waals surface area contributed by atoms with Crippen molar-refractivity contribution in [2.24, 2.45) is 11.5 Å². The molecule has 0 fully saturated rings. The van der Waals surface area contributed by atoms with E-state index in [9.17, 15) is 68.4 Å². The van der Waals surface area contributed by atoms with E-state index in [4.69, 9.17) is 11.5 Å². The summed E-state index contributed by atoms with van der Waals surface area (Å²) in [7, 11) is 0. The van der Waals surface area contributed by atoms with Gasteiger partial charge in [0.2, 0.25) is 47.3 Å². The third-order valence-corrected chi connectivity index (χ3v) is 11.3. The fourth-order valence-electron chi connectivity index (χ4n) is 6.80. The molecule has 2 heterocycles. The number of primary amides is 1. The van der Waals surface area contributed by atoms with E-state index < -0.39 is 133 Å². The summed E-state index contributed by atoms with van der Waals surface area (Å²) in [4.78, 5) is 141. The number of aliphatic hydroxyl groups is 1. The normalized spacial score (nSPS) is 14.4.